The Morgan fingerprint density at radius 1 is 1.29 bits per heavy atom. The third-order valence-electron chi connectivity index (χ3n) is 3.36. The molecule has 114 valence electrons. The van der Waals surface area contributed by atoms with Crippen molar-refractivity contribution in [2.24, 2.45) is 5.73 Å². The van der Waals surface area contributed by atoms with Crippen LogP contribution in [-0.4, -0.2) is 43.3 Å². The molecule has 6 nitrogen and oxygen atoms in total. The van der Waals surface area contributed by atoms with E-state index < -0.39 is 10.0 Å². The first-order chi connectivity index (χ1) is 9.86. The van der Waals surface area contributed by atoms with E-state index in [2.05, 4.69) is 9.97 Å². The highest BCUT2D eigenvalue weighted by Crippen LogP contribution is 2.22. The molecule has 0 aliphatic carbocycles. The van der Waals surface area contributed by atoms with Crippen molar-refractivity contribution in [3.8, 4) is 11.3 Å². The smallest absolute Gasteiger partial charge is 0.242 e. The van der Waals surface area contributed by atoms with Gasteiger partial charge in [-0.3, -0.25) is 0 Å². The van der Waals surface area contributed by atoms with Crippen molar-refractivity contribution in [2.45, 2.75) is 17.7 Å². The fraction of sp³-hybridized carbons (Fsp3) is 0.357. The predicted molar refractivity (Wildman–Crippen MR) is 82.4 cm³/mol. The molecule has 0 saturated carbocycles. The molecule has 1 atom stereocenters. The van der Waals surface area contributed by atoms with Gasteiger partial charge in [0.1, 0.15) is 5.82 Å². The van der Waals surface area contributed by atoms with Gasteiger partial charge in [0.05, 0.1) is 16.8 Å². The molecule has 0 amide bonds. The first-order valence-corrected chi connectivity index (χ1v) is 8.08. The molecule has 2 aromatic rings. The summed E-state index contributed by atoms with van der Waals surface area (Å²) in [6.07, 6.45) is 1.73. The minimum Gasteiger partial charge on any atom is -0.342 e. The molecule has 0 saturated heterocycles. The van der Waals surface area contributed by atoms with Crippen LogP contribution in [0.4, 0.5) is 0 Å². The second kappa shape index (κ2) is 5.97. The molecular formula is C14H20N4O2S. The molecule has 7 heteroatoms. The zero-order valence-corrected chi connectivity index (χ0v) is 13.2. The van der Waals surface area contributed by atoms with E-state index in [1.807, 2.05) is 6.92 Å². The molecule has 0 bridgehead atoms. The van der Waals surface area contributed by atoms with E-state index in [4.69, 9.17) is 5.73 Å². The molecule has 0 aliphatic rings. The molecule has 1 unspecified atom stereocenters. The molecule has 0 radical (unpaired) electrons. The molecule has 0 fully saturated rings. The lowest BCUT2D eigenvalue weighted by Gasteiger charge is -2.11. The van der Waals surface area contributed by atoms with E-state index in [1.165, 1.54) is 18.4 Å². The molecular weight excluding hydrogens is 288 g/mol. The number of hydrogen-bond acceptors (Lipinski definition) is 4. The topological polar surface area (TPSA) is 92.1 Å². The maximum atomic E-state index is 12.0. The molecule has 1 aromatic heterocycles. The fourth-order valence-electron chi connectivity index (χ4n) is 1.86. The third-order valence-corrected chi connectivity index (χ3v) is 5.19. The lowest BCUT2D eigenvalue weighted by atomic mass is 10.1. The lowest BCUT2D eigenvalue weighted by molar-refractivity contribution is 0.521. The quantitative estimate of drug-likeness (QED) is 0.873. The Labute approximate surface area is 125 Å². The third kappa shape index (κ3) is 3.15. The van der Waals surface area contributed by atoms with Crippen LogP contribution in [0.25, 0.3) is 11.3 Å². The van der Waals surface area contributed by atoms with Gasteiger partial charge in [0.2, 0.25) is 10.0 Å². The van der Waals surface area contributed by atoms with Gasteiger partial charge >= 0.3 is 0 Å². The van der Waals surface area contributed by atoms with Crippen LogP contribution in [0.1, 0.15) is 18.7 Å². The summed E-state index contributed by atoms with van der Waals surface area (Å²) in [6.45, 7) is 2.52. The van der Waals surface area contributed by atoms with Crippen molar-refractivity contribution in [2.75, 3.05) is 20.6 Å². The van der Waals surface area contributed by atoms with Crippen LogP contribution in [0.2, 0.25) is 0 Å². The molecule has 0 aliphatic heterocycles. The Bertz CT molecular complexity index is 705. The Morgan fingerprint density at radius 3 is 2.43 bits per heavy atom. The average Bonchev–Trinajstić information content (AvgIpc) is 2.96. The van der Waals surface area contributed by atoms with Crippen LogP contribution >= 0.6 is 0 Å². The highest BCUT2D eigenvalue weighted by molar-refractivity contribution is 7.89. The second-order valence-electron chi connectivity index (χ2n) is 5.13. The zero-order valence-electron chi connectivity index (χ0n) is 12.4. The van der Waals surface area contributed by atoms with Crippen molar-refractivity contribution in [3.63, 3.8) is 0 Å². The van der Waals surface area contributed by atoms with Crippen molar-refractivity contribution < 1.29 is 8.42 Å². The van der Waals surface area contributed by atoms with E-state index >= 15 is 0 Å². The number of H-pyrrole nitrogens is 1. The fourth-order valence-corrected chi connectivity index (χ4v) is 2.76. The summed E-state index contributed by atoms with van der Waals surface area (Å²) in [4.78, 5) is 7.78. The molecule has 1 heterocycles. The SMILES string of the molecule is CC(CN)c1ncc(-c2ccc(S(=O)(=O)N(C)C)cc2)[nH]1. The van der Waals surface area contributed by atoms with Gasteiger partial charge in [0.25, 0.3) is 0 Å². The number of benzene rings is 1. The van der Waals surface area contributed by atoms with Gasteiger partial charge < -0.3 is 10.7 Å². The number of hydrogen-bond donors (Lipinski definition) is 2. The standard InChI is InChI=1S/C14H20N4O2S/c1-10(8-15)14-16-9-13(17-14)11-4-6-12(7-5-11)21(19,20)18(2)3/h4-7,9-10H,8,15H2,1-3H3,(H,16,17). The summed E-state index contributed by atoms with van der Waals surface area (Å²) in [5.74, 6) is 0.990. The van der Waals surface area contributed by atoms with E-state index in [9.17, 15) is 8.42 Å². The van der Waals surface area contributed by atoms with Crippen molar-refractivity contribution in [1.82, 2.24) is 14.3 Å². The Morgan fingerprint density at radius 2 is 1.90 bits per heavy atom. The van der Waals surface area contributed by atoms with Crippen molar-refractivity contribution in [3.05, 3.63) is 36.3 Å². The van der Waals surface area contributed by atoms with Crippen LogP contribution in [0.3, 0.4) is 0 Å². The Balaban J connectivity index is 2.29. The lowest BCUT2D eigenvalue weighted by Crippen LogP contribution is -2.22. The Hall–Kier alpha value is -1.70. The number of rotatable bonds is 5. The number of aromatic amines is 1. The summed E-state index contributed by atoms with van der Waals surface area (Å²) in [5.41, 5.74) is 7.35. The minimum atomic E-state index is -3.40. The monoisotopic (exact) mass is 308 g/mol. The maximum absolute atomic E-state index is 12.0. The number of nitrogens with zero attached hydrogens (tertiary/aromatic N) is 2. The molecule has 21 heavy (non-hydrogen) atoms. The first-order valence-electron chi connectivity index (χ1n) is 6.64. The number of sulfonamides is 1. The van der Waals surface area contributed by atoms with Gasteiger partial charge in [-0.05, 0) is 17.7 Å². The molecule has 3 N–H and O–H groups in total. The van der Waals surface area contributed by atoms with Gasteiger partial charge in [-0.1, -0.05) is 19.1 Å². The highest BCUT2D eigenvalue weighted by Gasteiger charge is 2.17. The molecule has 2 rings (SSSR count). The molecule has 0 spiro atoms. The van der Waals surface area contributed by atoms with Gasteiger partial charge in [0, 0.05) is 26.6 Å². The number of imidazole rings is 1. The summed E-state index contributed by atoms with van der Waals surface area (Å²) in [7, 11) is -0.372. The van der Waals surface area contributed by atoms with E-state index in [1.54, 1.807) is 30.5 Å². The van der Waals surface area contributed by atoms with Crippen LogP contribution in [0.15, 0.2) is 35.4 Å². The van der Waals surface area contributed by atoms with Crippen LogP contribution < -0.4 is 5.73 Å². The highest BCUT2D eigenvalue weighted by atomic mass is 32.2. The predicted octanol–water partition coefficient (Wildman–Crippen LogP) is 1.39. The number of aromatic nitrogens is 2. The maximum Gasteiger partial charge on any atom is 0.242 e. The minimum absolute atomic E-state index is 0.159. The zero-order chi connectivity index (χ0) is 15.6. The van der Waals surface area contributed by atoms with Crippen molar-refractivity contribution >= 4 is 10.0 Å². The first kappa shape index (κ1) is 15.7. The largest absolute Gasteiger partial charge is 0.342 e. The van der Waals surface area contributed by atoms with E-state index in [-0.39, 0.29) is 10.8 Å². The van der Waals surface area contributed by atoms with Crippen LogP contribution in [-0.2, 0) is 10.0 Å². The normalized spacial score (nSPS) is 13.6. The van der Waals surface area contributed by atoms with E-state index in [0.29, 0.717) is 6.54 Å². The van der Waals surface area contributed by atoms with Gasteiger partial charge in [0.15, 0.2) is 0 Å². The Kier molecular flexibility index (Phi) is 4.46. The van der Waals surface area contributed by atoms with Crippen LogP contribution in [0, 0.1) is 0 Å². The number of nitrogens with two attached hydrogens (primary N) is 1. The second-order valence-corrected chi connectivity index (χ2v) is 7.28. The average molecular weight is 308 g/mol. The van der Waals surface area contributed by atoms with Crippen LogP contribution in [0.5, 0.6) is 0 Å². The van der Waals surface area contributed by atoms with E-state index in [0.717, 1.165) is 17.1 Å². The number of nitrogens with one attached hydrogen (secondary N) is 1. The summed E-state index contributed by atoms with van der Waals surface area (Å²) < 4.78 is 25.2. The summed E-state index contributed by atoms with van der Waals surface area (Å²) >= 11 is 0. The van der Waals surface area contributed by atoms with Crippen molar-refractivity contribution in [1.29, 1.82) is 0 Å². The van der Waals surface area contributed by atoms with Gasteiger partial charge in [-0.25, -0.2) is 17.7 Å². The molecule has 1 aromatic carbocycles. The summed E-state index contributed by atoms with van der Waals surface area (Å²) in [6, 6.07) is 6.72. The summed E-state index contributed by atoms with van der Waals surface area (Å²) in [5, 5.41) is 0. The van der Waals surface area contributed by atoms with Gasteiger partial charge in [-0.15, -0.1) is 0 Å². The van der Waals surface area contributed by atoms with Gasteiger partial charge in [-0.2, -0.15) is 0 Å².